The maximum Gasteiger partial charge on any atom is 0.286 e. The highest BCUT2D eigenvalue weighted by Gasteiger charge is 2.33. The number of nitrogens with zero attached hydrogens (tertiary/aromatic N) is 3. The lowest BCUT2D eigenvalue weighted by atomic mass is 10.0. The SMILES string of the molecule is CCOC(n1nc(-c2cccc(-c3ccccc3O)c2)nc1C(N)=O)[Si](C)(C)C. The molecule has 7 nitrogen and oxygen atoms in total. The maximum absolute atomic E-state index is 12.1. The Bertz CT molecular complexity index is 1030. The molecule has 1 amide bonds. The minimum absolute atomic E-state index is 0.0776. The van der Waals surface area contributed by atoms with Gasteiger partial charge in [0.15, 0.2) is 5.82 Å². The van der Waals surface area contributed by atoms with Crippen LogP contribution in [0.25, 0.3) is 22.5 Å². The molecule has 1 aromatic heterocycles. The zero-order valence-electron chi connectivity index (χ0n) is 17.1. The van der Waals surface area contributed by atoms with Gasteiger partial charge in [0.25, 0.3) is 5.91 Å². The van der Waals surface area contributed by atoms with Crippen LogP contribution in [-0.2, 0) is 4.74 Å². The summed E-state index contributed by atoms with van der Waals surface area (Å²) in [6.45, 7) is 8.81. The molecule has 0 fully saturated rings. The van der Waals surface area contributed by atoms with E-state index < -0.39 is 14.0 Å². The minimum atomic E-state index is -1.89. The number of benzene rings is 2. The molecule has 3 aromatic rings. The molecule has 3 N–H and O–H groups in total. The van der Waals surface area contributed by atoms with Crippen molar-refractivity contribution in [2.75, 3.05) is 6.61 Å². The minimum Gasteiger partial charge on any atom is -0.507 e. The molecule has 0 aliphatic rings. The quantitative estimate of drug-likeness (QED) is 0.576. The second kappa shape index (κ2) is 8.18. The number of phenols is 1. The van der Waals surface area contributed by atoms with E-state index >= 15 is 0 Å². The second-order valence-corrected chi connectivity index (χ2v) is 13.1. The smallest absolute Gasteiger partial charge is 0.286 e. The molecule has 2 aromatic carbocycles. The molecule has 152 valence electrons. The van der Waals surface area contributed by atoms with Crippen LogP contribution in [0.4, 0.5) is 0 Å². The third-order valence-electron chi connectivity index (χ3n) is 4.47. The fraction of sp³-hybridized carbons (Fsp3) is 0.286. The zero-order valence-corrected chi connectivity index (χ0v) is 18.1. The first-order valence-electron chi connectivity index (χ1n) is 9.49. The van der Waals surface area contributed by atoms with Gasteiger partial charge in [0, 0.05) is 17.7 Å². The lowest BCUT2D eigenvalue weighted by molar-refractivity contribution is 0.0515. The van der Waals surface area contributed by atoms with Crippen molar-refractivity contribution in [1.82, 2.24) is 14.8 Å². The van der Waals surface area contributed by atoms with Crippen molar-refractivity contribution in [3.05, 3.63) is 54.4 Å². The third kappa shape index (κ3) is 4.38. The molecular formula is C21H26N4O3Si. The van der Waals surface area contributed by atoms with Gasteiger partial charge in [0.05, 0.1) is 0 Å². The molecule has 1 atom stereocenters. The van der Waals surface area contributed by atoms with E-state index in [1.165, 1.54) is 4.68 Å². The number of para-hydroxylation sites is 1. The van der Waals surface area contributed by atoms with Crippen LogP contribution in [0.15, 0.2) is 48.5 Å². The Kier molecular flexibility index (Phi) is 5.85. The number of primary amides is 1. The van der Waals surface area contributed by atoms with Crippen molar-refractivity contribution in [2.45, 2.75) is 32.4 Å². The van der Waals surface area contributed by atoms with Gasteiger partial charge in [-0.3, -0.25) is 4.79 Å². The maximum atomic E-state index is 12.1. The van der Waals surface area contributed by atoms with E-state index in [4.69, 9.17) is 10.5 Å². The Morgan fingerprint density at radius 3 is 2.48 bits per heavy atom. The molecule has 0 saturated heterocycles. The van der Waals surface area contributed by atoms with Crippen molar-refractivity contribution in [1.29, 1.82) is 0 Å². The normalized spacial score (nSPS) is 12.7. The number of phenolic OH excluding ortho intramolecular Hbond substituents is 1. The van der Waals surface area contributed by atoms with Gasteiger partial charge >= 0.3 is 0 Å². The van der Waals surface area contributed by atoms with Crippen LogP contribution in [-0.4, -0.2) is 40.5 Å². The highest BCUT2D eigenvalue weighted by molar-refractivity contribution is 6.76. The number of rotatable bonds is 7. The molecule has 0 spiro atoms. The zero-order chi connectivity index (χ0) is 21.2. The first-order chi connectivity index (χ1) is 13.7. The van der Waals surface area contributed by atoms with Crippen molar-refractivity contribution in [3.8, 4) is 28.3 Å². The van der Waals surface area contributed by atoms with E-state index in [0.717, 1.165) is 11.1 Å². The van der Waals surface area contributed by atoms with Gasteiger partial charge in [0.2, 0.25) is 5.82 Å². The van der Waals surface area contributed by atoms with Gasteiger partial charge < -0.3 is 15.6 Å². The van der Waals surface area contributed by atoms with E-state index in [-0.39, 0.29) is 17.4 Å². The van der Waals surface area contributed by atoms with Crippen molar-refractivity contribution >= 4 is 14.0 Å². The van der Waals surface area contributed by atoms with Gasteiger partial charge in [0.1, 0.15) is 19.7 Å². The highest BCUT2D eigenvalue weighted by atomic mass is 28.3. The van der Waals surface area contributed by atoms with E-state index in [1.54, 1.807) is 12.1 Å². The van der Waals surface area contributed by atoms with E-state index in [0.29, 0.717) is 18.0 Å². The van der Waals surface area contributed by atoms with E-state index in [2.05, 4.69) is 29.7 Å². The number of aromatic hydroxyl groups is 1. The summed E-state index contributed by atoms with van der Waals surface area (Å²) in [5.74, 6) is -0.356. The average molecular weight is 411 g/mol. The van der Waals surface area contributed by atoms with Crippen LogP contribution in [0.3, 0.4) is 0 Å². The predicted molar refractivity (Wildman–Crippen MR) is 115 cm³/mol. The molecule has 1 unspecified atom stereocenters. The van der Waals surface area contributed by atoms with Crippen LogP contribution < -0.4 is 5.73 Å². The molecule has 0 aliphatic heterocycles. The summed E-state index contributed by atoms with van der Waals surface area (Å²) in [6.07, 6.45) is 0. The van der Waals surface area contributed by atoms with Gasteiger partial charge in [-0.1, -0.05) is 56.0 Å². The molecule has 0 saturated carbocycles. The number of carbonyl (C=O) groups excluding carboxylic acids is 1. The van der Waals surface area contributed by atoms with Crippen LogP contribution in [0.5, 0.6) is 5.75 Å². The summed E-state index contributed by atoms with van der Waals surface area (Å²) in [6, 6.07) is 14.6. The summed E-state index contributed by atoms with van der Waals surface area (Å²) in [4.78, 5) is 16.5. The molecular weight excluding hydrogens is 384 g/mol. The fourth-order valence-corrected chi connectivity index (χ4v) is 4.75. The van der Waals surface area contributed by atoms with Crippen LogP contribution in [0.1, 0.15) is 23.4 Å². The summed E-state index contributed by atoms with van der Waals surface area (Å²) in [5.41, 5.74) is 7.84. The number of nitrogens with two attached hydrogens (primary N) is 1. The number of hydrogen-bond donors (Lipinski definition) is 2. The molecule has 0 aliphatic carbocycles. The Labute approximate surface area is 171 Å². The standard InChI is InChI=1S/C21H26N4O3Si/c1-5-28-21(29(2,3)4)25-20(18(22)27)23-19(24-25)15-10-8-9-14(13-15)16-11-6-7-12-17(16)26/h6-13,21,26H,5H2,1-4H3,(H2,22,27). The summed E-state index contributed by atoms with van der Waals surface area (Å²) >= 11 is 0. The molecule has 8 heteroatoms. The predicted octanol–water partition coefficient (Wildman–Crippen LogP) is 3.83. The van der Waals surface area contributed by atoms with Gasteiger partial charge in [-0.15, -0.1) is 5.10 Å². The van der Waals surface area contributed by atoms with Crippen LogP contribution in [0.2, 0.25) is 19.6 Å². The Hall–Kier alpha value is -2.97. The van der Waals surface area contributed by atoms with Crippen molar-refractivity contribution in [2.24, 2.45) is 5.73 Å². The Balaban J connectivity index is 2.10. The lowest BCUT2D eigenvalue weighted by Gasteiger charge is -2.29. The average Bonchev–Trinajstić information content (AvgIpc) is 3.11. The Morgan fingerprint density at radius 1 is 1.17 bits per heavy atom. The second-order valence-electron chi connectivity index (χ2n) is 7.84. The first-order valence-corrected chi connectivity index (χ1v) is 13.1. The molecule has 29 heavy (non-hydrogen) atoms. The highest BCUT2D eigenvalue weighted by Crippen LogP contribution is 2.32. The van der Waals surface area contributed by atoms with Gasteiger partial charge in [-0.25, -0.2) is 9.67 Å². The summed E-state index contributed by atoms with van der Waals surface area (Å²) < 4.78 is 7.45. The van der Waals surface area contributed by atoms with Gasteiger partial charge in [-0.05, 0) is 24.6 Å². The number of ether oxygens (including phenoxy) is 1. The van der Waals surface area contributed by atoms with Crippen LogP contribution >= 0.6 is 0 Å². The van der Waals surface area contributed by atoms with E-state index in [9.17, 15) is 9.90 Å². The van der Waals surface area contributed by atoms with E-state index in [1.807, 2.05) is 43.3 Å². The molecule has 3 rings (SSSR count). The lowest BCUT2D eigenvalue weighted by Crippen LogP contribution is -2.40. The molecule has 1 heterocycles. The van der Waals surface area contributed by atoms with Crippen molar-refractivity contribution in [3.63, 3.8) is 0 Å². The molecule has 0 radical (unpaired) electrons. The topological polar surface area (TPSA) is 103 Å². The molecule has 0 bridgehead atoms. The number of carbonyl (C=O) groups is 1. The van der Waals surface area contributed by atoms with Crippen molar-refractivity contribution < 1.29 is 14.6 Å². The Morgan fingerprint density at radius 2 is 1.86 bits per heavy atom. The monoisotopic (exact) mass is 410 g/mol. The number of aromatic nitrogens is 3. The fourth-order valence-electron chi connectivity index (χ4n) is 3.17. The number of amides is 1. The first kappa shape index (κ1) is 20.8. The van der Waals surface area contributed by atoms with Crippen LogP contribution in [0, 0.1) is 0 Å². The third-order valence-corrected chi connectivity index (χ3v) is 6.37. The van der Waals surface area contributed by atoms with Gasteiger partial charge in [-0.2, -0.15) is 0 Å². The summed E-state index contributed by atoms with van der Waals surface area (Å²) in [5, 5.41) is 14.8. The number of hydrogen-bond acceptors (Lipinski definition) is 5. The largest absolute Gasteiger partial charge is 0.507 e. The summed E-state index contributed by atoms with van der Waals surface area (Å²) in [7, 11) is -1.89.